The Hall–Kier alpha value is -2.86. The van der Waals surface area contributed by atoms with Gasteiger partial charge in [0.25, 0.3) is 0 Å². The normalized spacial score (nSPS) is 16.3. The van der Waals surface area contributed by atoms with E-state index < -0.39 is 0 Å². The fourth-order valence-electron chi connectivity index (χ4n) is 3.71. The van der Waals surface area contributed by atoms with Crippen molar-refractivity contribution in [2.75, 3.05) is 11.9 Å². The molecule has 3 N–H and O–H groups in total. The monoisotopic (exact) mass is 350 g/mol. The maximum absolute atomic E-state index is 12.6. The van der Waals surface area contributed by atoms with Crippen LogP contribution >= 0.6 is 0 Å². The predicted octanol–water partition coefficient (Wildman–Crippen LogP) is 3.23. The van der Waals surface area contributed by atoms with Gasteiger partial charge in [-0.25, -0.2) is 4.79 Å². The van der Waals surface area contributed by atoms with Crippen LogP contribution in [-0.4, -0.2) is 27.5 Å². The molecule has 0 saturated heterocycles. The van der Waals surface area contributed by atoms with Crippen molar-refractivity contribution in [2.45, 2.75) is 31.8 Å². The summed E-state index contributed by atoms with van der Waals surface area (Å²) >= 11 is 0. The van der Waals surface area contributed by atoms with Gasteiger partial charge in [0.1, 0.15) is 0 Å². The van der Waals surface area contributed by atoms with Crippen molar-refractivity contribution in [3.8, 4) is 0 Å². The number of rotatable bonds is 4. The number of amides is 2. The summed E-state index contributed by atoms with van der Waals surface area (Å²) in [5, 5.41) is 21.7. The molecule has 26 heavy (non-hydrogen) atoms. The summed E-state index contributed by atoms with van der Waals surface area (Å²) in [5.74, 6) is 0. The van der Waals surface area contributed by atoms with E-state index in [9.17, 15) is 4.79 Å². The molecule has 0 radical (unpaired) electrons. The summed E-state index contributed by atoms with van der Waals surface area (Å²) in [6, 6.07) is 13.6. The van der Waals surface area contributed by atoms with E-state index >= 15 is 0 Å². The highest BCUT2D eigenvalue weighted by molar-refractivity contribution is 6.01. The molecule has 4 rings (SSSR count). The van der Waals surface area contributed by atoms with Gasteiger partial charge in [-0.1, -0.05) is 36.4 Å². The van der Waals surface area contributed by atoms with Crippen molar-refractivity contribution in [3.63, 3.8) is 0 Å². The van der Waals surface area contributed by atoms with E-state index in [1.54, 1.807) is 0 Å². The fourth-order valence-corrected chi connectivity index (χ4v) is 3.71. The van der Waals surface area contributed by atoms with E-state index in [0.29, 0.717) is 6.54 Å². The van der Waals surface area contributed by atoms with Gasteiger partial charge in [-0.2, -0.15) is 5.10 Å². The SMILES string of the molecule is O=C(Nc1cccc2ccccc12)N[C@H]1CCCc2c1cnn2CCO. The van der Waals surface area contributed by atoms with Crippen LogP contribution in [0.15, 0.2) is 48.7 Å². The van der Waals surface area contributed by atoms with E-state index in [1.165, 1.54) is 0 Å². The molecule has 134 valence electrons. The minimum Gasteiger partial charge on any atom is -0.394 e. The van der Waals surface area contributed by atoms with Crippen molar-refractivity contribution in [1.82, 2.24) is 15.1 Å². The molecule has 1 aliphatic rings. The number of benzene rings is 2. The minimum atomic E-state index is -0.214. The summed E-state index contributed by atoms with van der Waals surface area (Å²) in [7, 11) is 0. The topological polar surface area (TPSA) is 79.2 Å². The standard InChI is InChI=1S/C20H22N4O2/c25-12-11-24-19-10-4-9-18(16(19)13-21-24)23-20(26)22-17-8-3-6-14-5-1-2-7-15(14)17/h1-3,5-8,13,18,25H,4,9-12H2,(H2,22,23,26)/t18-/m0/s1. The van der Waals surface area contributed by atoms with Crippen LogP contribution in [0.3, 0.4) is 0 Å². The lowest BCUT2D eigenvalue weighted by molar-refractivity contribution is 0.246. The van der Waals surface area contributed by atoms with E-state index in [2.05, 4.69) is 15.7 Å². The van der Waals surface area contributed by atoms with Crippen LogP contribution < -0.4 is 10.6 Å². The van der Waals surface area contributed by atoms with Crippen LogP contribution in [-0.2, 0) is 13.0 Å². The molecule has 6 heteroatoms. The van der Waals surface area contributed by atoms with E-state index in [0.717, 1.165) is 47.0 Å². The number of fused-ring (bicyclic) bond motifs is 2. The lowest BCUT2D eigenvalue weighted by atomic mass is 9.93. The van der Waals surface area contributed by atoms with Crippen molar-refractivity contribution in [2.24, 2.45) is 0 Å². The van der Waals surface area contributed by atoms with E-state index in [1.807, 2.05) is 53.3 Å². The number of aromatic nitrogens is 2. The number of anilines is 1. The molecule has 2 amide bonds. The van der Waals surface area contributed by atoms with Gasteiger partial charge in [-0.05, 0) is 30.7 Å². The first kappa shape index (κ1) is 16.6. The van der Waals surface area contributed by atoms with Gasteiger partial charge in [-0.15, -0.1) is 0 Å². The lowest BCUT2D eigenvalue weighted by Gasteiger charge is -2.24. The van der Waals surface area contributed by atoms with Crippen LogP contribution in [0.1, 0.15) is 30.1 Å². The van der Waals surface area contributed by atoms with E-state index in [4.69, 9.17) is 5.11 Å². The number of hydrogen-bond acceptors (Lipinski definition) is 3. The van der Waals surface area contributed by atoms with Gasteiger partial charge >= 0.3 is 6.03 Å². The van der Waals surface area contributed by atoms with Gasteiger partial charge < -0.3 is 15.7 Å². The Balaban J connectivity index is 1.51. The van der Waals surface area contributed by atoms with Crippen LogP contribution in [0.2, 0.25) is 0 Å². The average molecular weight is 350 g/mol. The second-order valence-electron chi connectivity index (χ2n) is 6.56. The molecule has 0 aliphatic heterocycles. The Labute approximate surface area is 151 Å². The van der Waals surface area contributed by atoms with Crippen molar-refractivity contribution in [1.29, 1.82) is 0 Å². The van der Waals surface area contributed by atoms with Gasteiger partial charge in [0.05, 0.1) is 31.1 Å². The zero-order valence-corrected chi connectivity index (χ0v) is 14.5. The summed E-state index contributed by atoms with van der Waals surface area (Å²) in [6.45, 7) is 0.554. The molecule has 0 spiro atoms. The first-order chi connectivity index (χ1) is 12.8. The second-order valence-corrected chi connectivity index (χ2v) is 6.56. The second kappa shape index (κ2) is 7.17. The summed E-state index contributed by atoms with van der Waals surface area (Å²) < 4.78 is 1.84. The van der Waals surface area contributed by atoms with Gasteiger partial charge in [0, 0.05) is 16.6 Å². The average Bonchev–Trinajstić information content (AvgIpc) is 3.07. The zero-order chi connectivity index (χ0) is 17.9. The molecular weight excluding hydrogens is 328 g/mol. The molecule has 1 heterocycles. The van der Waals surface area contributed by atoms with Crippen molar-refractivity contribution < 1.29 is 9.90 Å². The maximum Gasteiger partial charge on any atom is 0.319 e. The molecule has 2 aromatic carbocycles. The number of urea groups is 1. The molecule has 0 bridgehead atoms. The fraction of sp³-hybridized carbons (Fsp3) is 0.300. The first-order valence-corrected chi connectivity index (χ1v) is 8.97. The Kier molecular flexibility index (Phi) is 4.58. The van der Waals surface area contributed by atoms with Gasteiger partial charge in [0.2, 0.25) is 0 Å². The quantitative estimate of drug-likeness (QED) is 0.676. The smallest absolute Gasteiger partial charge is 0.319 e. The lowest BCUT2D eigenvalue weighted by Crippen LogP contribution is -2.34. The number of nitrogens with one attached hydrogen (secondary N) is 2. The Morgan fingerprint density at radius 3 is 2.96 bits per heavy atom. The highest BCUT2D eigenvalue weighted by Crippen LogP contribution is 2.30. The molecule has 1 atom stereocenters. The number of carbonyl (C=O) groups is 1. The minimum absolute atomic E-state index is 0.0545. The molecule has 1 aliphatic carbocycles. The number of aliphatic hydroxyl groups excluding tert-OH is 1. The third-order valence-corrected chi connectivity index (χ3v) is 4.92. The molecular formula is C20H22N4O2. The highest BCUT2D eigenvalue weighted by Gasteiger charge is 2.25. The van der Waals surface area contributed by atoms with E-state index in [-0.39, 0.29) is 18.7 Å². The molecule has 3 aromatic rings. The molecule has 0 unspecified atom stereocenters. The number of carbonyl (C=O) groups excluding carboxylic acids is 1. The third-order valence-electron chi connectivity index (χ3n) is 4.92. The molecule has 0 fully saturated rings. The summed E-state index contributed by atoms with van der Waals surface area (Å²) in [6.07, 6.45) is 4.62. The maximum atomic E-state index is 12.6. The molecule has 0 saturated carbocycles. The number of nitrogens with zero attached hydrogens (tertiary/aromatic N) is 2. The van der Waals surface area contributed by atoms with Crippen molar-refractivity contribution >= 4 is 22.5 Å². The zero-order valence-electron chi connectivity index (χ0n) is 14.5. The molecule has 1 aromatic heterocycles. The van der Waals surface area contributed by atoms with Crippen LogP contribution in [0.4, 0.5) is 10.5 Å². The van der Waals surface area contributed by atoms with Crippen LogP contribution in [0, 0.1) is 0 Å². The largest absolute Gasteiger partial charge is 0.394 e. The van der Waals surface area contributed by atoms with Crippen molar-refractivity contribution in [3.05, 3.63) is 59.9 Å². The number of hydrogen-bond donors (Lipinski definition) is 3. The van der Waals surface area contributed by atoms with Gasteiger partial charge in [0.15, 0.2) is 0 Å². The Morgan fingerprint density at radius 1 is 1.23 bits per heavy atom. The summed E-state index contributed by atoms with van der Waals surface area (Å²) in [4.78, 5) is 12.6. The Morgan fingerprint density at radius 2 is 2.08 bits per heavy atom. The highest BCUT2D eigenvalue weighted by atomic mass is 16.3. The number of aliphatic hydroxyl groups is 1. The summed E-state index contributed by atoms with van der Waals surface area (Å²) in [5.41, 5.74) is 2.96. The van der Waals surface area contributed by atoms with Crippen LogP contribution in [0.25, 0.3) is 10.8 Å². The van der Waals surface area contributed by atoms with Gasteiger partial charge in [-0.3, -0.25) is 4.68 Å². The predicted molar refractivity (Wildman–Crippen MR) is 101 cm³/mol. The first-order valence-electron chi connectivity index (χ1n) is 8.97. The Bertz CT molecular complexity index is 929. The third kappa shape index (κ3) is 3.15. The van der Waals surface area contributed by atoms with Crippen LogP contribution in [0.5, 0.6) is 0 Å². The molecule has 6 nitrogen and oxygen atoms in total.